The second-order valence-electron chi connectivity index (χ2n) is 11.2. The largest absolute Gasteiger partial charge is 0.378 e. The van der Waals surface area contributed by atoms with Crippen molar-refractivity contribution in [2.45, 2.75) is 43.2 Å². The minimum atomic E-state index is -0.906. The van der Waals surface area contributed by atoms with Crippen molar-refractivity contribution in [2.24, 2.45) is 0 Å². The number of pyridine rings is 1. The Bertz CT molecular complexity index is 1870. The molecule has 9 nitrogen and oxygen atoms in total. The van der Waals surface area contributed by atoms with Gasteiger partial charge in [-0.15, -0.1) is 5.53 Å². The second kappa shape index (κ2) is 12.0. The van der Waals surface area contributed by atoms with Gasteiger partial charge < -0.3 is 16.1 Å². The van der Waals surface area contributed by atoms with Gasteiger partial charge in [0.25, 0.3) is 0 Å². The summed E-state index contributed by atoms with van der Waals surface area (Å²) in [4.78, 5) is 4.29. The van der Waals surface area contributed by atoms with Gasteiger partial charge in [-0.1, -0.05) is 42.5 Å². The van der Waals surface area contributed by atoms with Crippen molar-refractivity contribution < 1.29 is 4.39 Å². The molecule has 1 saturated carbocycles. The van der Waals surface area contributed by atoms with E-state index in [0.29, 0.717) is 41.2 Å². The standard InChI is InChI=1S/C33H29BFN9/c34-33(24-9-4-6-21(14-24)17-37,30-20-44(43-42-30)26-11-12-26)41-25-15-27-31(23(18-38)19-39-32(27)28(35)16-25)40-29(10-5-13-36)22-7-2-1-3-8-22/h1-4,6-9,14-16,19-20,26,29,41-43H,5,10-12,34H2,(H,39,40)/t29-,33?/m1/s1. The number of hydrogen-bond acceptors (Lipinski definition) is 9. The van der Waals surface area contributed by atoms with E-state index in [1.54, 1.807) is 12.1 Å². The molecule has 4 N–H and O–H groups in total. The van der Waals surface area contributed by atoms with Gasteiger partial charge in [0.05, 0.1) is 46.1 Å². The van der Waals surface area contributed by atoms with Crippen molar-refractivity contribution in [3.05, 3.63) is 113 Å². The molecule has 0 bridgehead atoms. The zero-order chi connectivity index (χ0) is 30.7. The van der Waals surface area contributed by atoms with Gasteiger partial charge in [-0.3, -0.25) is 9.99 Å². The molecule has 1 aromatic heterocycles. The Balaban J connectivity index is 1.45. The van der Waals surface area contributed by atoms with Gasteiger partial charge in [0.2, 0.25) is 0 Å². The lowest BCUT2D eigenvalue weighted by Gasteiger charge is -2.34. The molecule has 1 unspecified atom stereocenters. The van der Waals surface area contributed by atoms with Gasteiger partial charge in [-0.25, -0.2) is 4.39 Å². The Morgan fingerprint density at radius 3 is 2.61 bits per heavy atom. The zero-order valence-electron chi connectivity index (χ0n) is 24.1. The third-order valence-electron chi connectivity index (χ3n) is 8.14. The van der Waals surface area contributed by atoms with Gasteiger partial charge in [0.1, 0.15) is 19.4 Å². The van der Waals surface area contributed by atoms with E-state index >= 15 is 4.39 Å². The number of anilines is 2. The average molecular weight is 581 g/mol. The topological polar surface area (TPSA) is 136 Å². The summed E-state index contributed by atoms with van der Waals surface area (Å²) in [6.45, 7) is 0. The van der Waals surface area contributed by atoms with E-state index in [9.17, 15) is 15.8 Å². The van der Waals surface area contributed by atoms with Crippen molar-refractivity contribution >= 4 is 30.1 Å². The Morgan fingerprint density at radius 1 is 1.07 bits per heavy atom. The van der Waals surface area contributed by atoms with E-state index < -0.39 is 11.3 Å². The fourth-order valence-corrected chi connectivity index (χ4v) is 5.58. The molecule has 11 heteroatoms. The first-order valence-corrected chi connectivity index (χ1v) is 14.5. The van der Waals surface area contributed by atoms with Crippen molar-refractivity contribution in [2.75, 3.05) is 10.6 Å². The molecule has 2 heterocycles. The van der Waals surface area contributed by atoms with Crippen LogP contribution in [-0.2, 0) is 5.44 Å². The van der Waals surface area contributed by atoms with Gasteiger partial charge in [-0.2, -0.15) is 15.8 Å². The van der Waals surface area contributed by atoms with Crippen molar-refractivity contribution in [1.29, 1.82) is 15.8 Å². The van der Waals surface area contributed by atoms with Gasteiger partial charge in [0, 0.05) is 35.9 Å². The molecule has 2 aliphatic rings. The van der Waals surface area contributed by atoms with Crippen LogP contribution >= 0.6 is 0 Å². The fraction of sp³-hybridized carbons (Fsp3) is 0.212. The molecule has 2 atom stereocenters. The highest BCUT2D eigenvalue weighted by molar-refractivity contribution is 6.19. The quantitative estimate of drug-likeness (QED) is 0.195. The molecule has 1 fully saturated rings. The van der Waals surface area contributed by atoms with Crippen molar-refractivity contribution in [1.82, 2.24) is 21.0 Å². The number of hydrazine groups is 2. The lowest BCUT2D eigenvalue weighted by molar-refractivity contribution is 0.260. The summed E-state index contributed by atoms with van der Waals surface area (Å²) in [6.07, 6.45) is 6.34. The summed E-state index contributed by atoms with van der Waals surface area (Å²) in [5.74, 6) is -0.551. The fourth-order valence-electron chi connectivity index (χ4n) is 5.58. The molecule has 1 aliphatic carbocycles. The normalized spacial score (nSPS) is 16.0. The zero-order valence-corrected chi connectivity index (χ0v) is 24.1. The van der Waals surface area contributed by atoms with E-state index in [4.69, 9.17) is 0 Å². The molecule has 0 saturated heterocycles. The van der Waals surface area contributed by atoms with E-state index in [1.165, 1.54) is 12.3 Å². The minimum absolute atomic E-state index is 0.122. The molecule has 6 rings (SSSR count). The van der Waals surface area contributed by atoms with Crippen LogP contribution in [0.1, 0.15) is 54.0 Å². The predicted molar refractivity (Wildman–Crippen MR) is 168 cm³/mol. The summed E-state index contributed by atoms with van der Waals surface area (Å²) in [5.41, 5.74) is 9.92. The molecule has 44 heavy (non-hydrogen) atoms. The van der Waals surface area contributed by atoms with Crippen LogP contribution in [0.25, 0.3) is 10.9 Å². The van der Waals surface area contributed by atoms with Gasteiger partial charge >= 0.3 is 0 Å². The van der Waals surface area contributed by atoms with Crippen LogP contribution in [0, 0.1) is 39.8 Å². The van der Waals surface area contributed by atoms with Crippen LogP contribution in [0.5, 0.6) is 0 Å². The first-order chi connectivity index (χ1) is 21.4. The molecule has 4 aromatic rings. The number of halogens is 1. The third-order valence-corrected chi connectivity index (χ3v) is 8.14. The van der Waals surface area contributed by atoms with E-state index in [1.807, 2.05) is 67.6 Å². The van der Waals surface area contributed by atoms with E-state index in [0.717, 1.165) is 29.7 Å². The Kier molecular flexibility index (Phi) is 7.77. The Morgan fingerprint density at radius 2 is 1.89 bits per heavy atom. The number of benzene rings is 3. The van der Waals surface area contributed by atoms with Crippen molar-refractivity contribution in [3.8, 4) is 18.2 Å². The highest BCUT2D eigenvalue weighted by Crippen LogP contribution is 2.38. The van der Waals surface area contributed by atoms with Crippen LogP contribution in [0.3, 0.4) is 0 Å². The van der Waals surface area contributed by atoms with Crippen LogP contribution in [0.2, 0.25) is 0 Å². The summed E-state index contributed by atoms with van der Waals surface area (Å²) < 4.78 is 15.8. The SMILES string of the molecule is BC(Nc1cc(F)c2ncc(C#N)c(N[C@H](CCC#N)c3ccccc3)c2c1)(C1=CN(C2CC2)NN1)c1cccc(C#N)c1. The lowest BCUT2D eigenvalue weighted by atomic mass is 9.69. The summed E-state index contributed by atoms with van der Waals surface area (Å²) in [5, 5.41) is 38.4. The monoisotopic (exact) mass is 581 g/mol. The lowest BCUT2D eigenvalue weighted by Crippen LogP contribution is -2.45. The van der Waals surface area contributed by atoms with Crippen LogP contribution in [-0.4, -0.2) is 23.9 Å². The van der Waals surface area contributed by atoms with Crippen LogP contribution in [0.4, 0.5) is 15.8 Å². The van der Waals surface area contributed by atoms with Crippen LogP contribution < -0.4 is 21.6 Å². The molecular formula is C33H29BFN9. The minimum Gasteiger partial charge on any atom is -0.378 e. The maximum absolute atomic E-state index is 15.8. The molecule has 216 valence electrons. The Labute approximate surface area is 256 Å². The first-order valence-electron chi connectivity index (χ1n) is 14.5. The van der Waals surface area contributed by atoms with Crippen molar-refractivity contribution in [3.63, 3.8) is 0 Å². The van der Waals surface area contributed by atoms with Gasteiger partial charge in [0.15, 0.2) is 5.82 Å². The summed E-state index contributed by atoms with van der Waals surface area (Å²) in [6, 6.07) is 26.9. The average Bonchev–Trinajstić information content (AvgIpc) is 3.78. The maximum atomic E-state index is 15.8. The molecule has 1 aliphatic heterocycles. The summed E-state index contributed by atoms with van der Waals surface area (Å²) >= 11 is 0. The highest BCUT2D eigenvalue weighted by atomic mass is 19.1. The smallest absolute Gasteiger partial charge is 0.151 e. The Hall–Kier alpha value is -5.57. The number of fused-ring (bicyclic) bond motifs is 1. The predicted octanol–water partition coefficient (Wildman–Crippen LogP) is 4.80. The number of aromatic nitrogens is 1. The summed E-state index contributed by atoms with van der Waals surface area (Å²) in [7, 11) is 1.97. The number of nitriles is 3. The molecule has 0 radical (unpaired) electrons. The first kappa shape index (κ1) is 28.5. The number of rotatable bonds is 10. The number of nitrogens with zero attached hydrogens (tertiary/aromatic N) is 5. The number of hydrogen-bond donors (Lipinski definition) is 4. The van der Waals surface area contributed by atoms with Gasteiger partial charge in [-0.05, 0) is 54.7 Å². The highest BCUT2D eigenvalue weighted by Gasteiger charge is 2.38. The molecular weight excluding hydrogens is 552 g/mol. The van der Waals surface area contributed by atoms with Crippen LogP contribution in [0.15, 0.2) is 84.8 Å². The maximum Gasteiger partial charge on any atom is 0.151 e. The van der Waals surface area contributed by atoms with E-state index in [2.05, 4.69) is 44.8 Å². The molecule has 0 amide bonds. The second-order valence-corrected chi connectivity index (χ2v) is 11.2. The third kappa shape index (κ3) is 5.59. The number of nitrogens with one attached hydrogen (secondary N) is 4. The van der Waals surface area contributed by atoms with E-state index in [-0.39, 0.29) is 17.1 Å². The molecule has 0 spiro atoms. The molecule has 3 aromatic carbocycles.